The van der Waals surface area contributed by atoms with Gasteiger partial charge in [-0.1, -0.05) is 30.3 Å². The molecule has 0 aliphatic heterocycles. The fraction of sp³-hybridized carbons (Fsp3) is 0.150. The molecule has 0 saturated heterocycles. The van der Waals surface area contributed by atoms with Crippen molar-refractivity contribution in [3.63, 3.8) is 0 Å². The monoisotopic (exact) mass is 346 g/mol. The molecule has 0 atom stereocenters. The zero-order valence-electron chi connectivity index (χ0n) is 14.8. The van der Waals surface area contributed by atoms with Crippen molar-refractivity contribution in [3.05, 3.63) is 59.9 Å². The van der Waals surface area contributed by atoms with Crippen molar-refractivity contribution in [3.8, 4) is 29.0 Å². The van der Waals surface area contributed by atoms with Crippen LogP contribution in [0.4, 0.5) is 0 Å². The molecule has 0 N–H and O–H groups in total. The standard InChI is InChI=1S/C20H18N4O2/c1-24-19(14-7-5-4-6-8-14)22-23-20(24)16(13-21)11-15-9-10-17(25-2)12-18(15)26-3/h4-12H,1-3H3/b16-11-. The summed E-state index contributed by atoms with van der Waals surface area (Å²) in [6.07, 6.45) is 1.73. The molecular weight excluding hydrogens is 328 g/mol. The van der Waals surface area contributed by atoms with E-state index in [4.69, 9.17) is 9.47 Å². The molecule has 0 radical (unpaired) electrons. The van der Waals surface area contributed by atoms with Crippen molar-refractivity contribution in [1.82, 2.24) is 14.8 Å². The average molecular weight is 346 g/mol. The van der Waals surface area contributed by atoms with Gasteiger partial charge in [-0.15, -0.1) is 10.2 Å². The Kier molecular flexibility index (Phi) is 4.99. The number of hydrogen-bond acceptors (Lipinski definition) is 5. The molecule has 0 spiro atoms. The van der Waals surface area contributed by atoms with E-state index < -0.39 is 0 Å². The van der Waals surface area contributed by atoms with Gasteiger partial charge < -0.3 is 14.0 Å². The summed E-state index contributed by atoms with van der Waals surface area (Å²) in [5.74, 6) is 2.48. The second-order valence-electron chi connectivity index (χ2n) is 5.55. The third-order valence-corrected chi connectivity index (χ3v) is 4.01. The quantitative estimate of drug-likeness (QED) is 0.661. The first-order valence-corrected chi connectivity index (χ1v) is 7.97. The zero-order chi connectivity index (χ0) is 18.5. The number of methoxy groups -OCH3 is 2. The summed E-state index contributed by atoms with van der Waals surface area (Å²) in [5, 5.41) is 18.1. The summed E-state index contributed by atoms with van der Waals surface area (Å²) >= 11 is 0. The Morgan fingerprint density at radius 2 is 1.85 bits per heavy atom. The Morgan fingerprint density at radius 1 is 1.08 bits per heavy atom. The molecule has 0 amide bonds. The van der Waals surface area contributed by atoms with Gasteiger partial charge in [-0.05, 0) is 18.2 Å². The third-order valence-electron chi connectivity index (χ3n) is 4.01. The summed E-state index contributed by atoms with van der Waals surface area (Å²) in [6.45, 7) is 0. The van der Waals surface area contributed by atoms with Crippen LogP contribution in [0.15, 0.2) is 48.5 Å². The minimum Gasteiger partial charge on any atom is -0.497 e. The van der Waals surface area contributed by atoms with Crippen LogP contribution in [-0.4, -0.2) is 29.0 Å². The summed E-state index contributed by atoms with van der Waals surface area (Å²) in [4.78, 5) is 0. The van der Waals surface area contributed by atoms with Gasteiger partial charge in [0.1, 0.15) is 17.6 Å². The number of aromatic nitrogens is 3. The Labute approximate surface area is 151 Å². The lowest BCUT2D eigenvalue weighted by Gasteiger charge is -2.08. The first kappa shape index (κ1) is 17.2. The molecule has 1 aromatic heterocycles. The highest BCUT2D eigenvalue weighted by Gasteiger charge is 2.15. The van der Waals surface area contributed by atoms with Crippen LogP contribution in [0.3, 0.4) is 0 Å². The minimum atomic E-state index is 0.394. The van der Waals surface area contributed by atoms with Gasteiger partial charge >= 0.3 is 0 Å². The molecule has 0 saturated carbocycles. The lowest BCUT2D eigenvalue weighted by atomic mass is 10.1. The summed E-state index contributed by atoms with van der Waals surface area (Å²) in [6, 6.07) is 17.4. The highest BCUT2D eigenvalue weighted by atomic mass is 16.5. The molecule has 0 aliphatic rings. The lowest BCUT2D eigenvalue weighted by Crippen LogP contribution is -1.99. The van der Waals surface area contributed by atoms with Gasteiger partial charge in [0.15, 0.2) is 11.6 Å². The fourth-order valence-electron chi connectivity index (χ4n) is 2.64. The van der Waals surface area contributed by atoms with Crippen LogP contribution < -0.4 is 9.47 Å². The Morgan fingerprint density at radius 3 is 2.50 bits per heavy atom. The molecule has 1 heterocycles. The molecule has 6 nitrogen and oxygen atoms in total. The molecule has 3 aromatic rings. The molecule has 3 rings (SSSR count). The van der Waals surface area contributed by atoms with Gasteiger partial charge in [0.2, 0.25) is 0 Å². The number of nitriles is 1. The number of rotatable bonds is 5. The Bertz CT molecular complexity index is 985. The van der Waals surface area contributed by atoms with E-state index in [1.54, 1.807) is 30.9 Å². The molecule has 0 fully saturated rings. The number of nitrogens with zero attached hydrogens (tertiary/aromatic N) is 4. The number of ether oxygens (including phenoxy) is 2. The number of benzene rings is 2. The van der Waals surface area contributed by atoms with Crippen LogP contribution in [0.1, 0.15) is 11.4 Å². The summed E-state index contributed by atoms with van der Waals surface area (Å²) in [7, 11) is 5.01. The van der Waals surface area contributed by atoms with E-state index in [1.165, 1.54) is 0 Å². The second-order valence-corrected chi connectivity index (χ2v) is 5.55. The van der Waals surface area contributed by atoms with Gasteiger partial charge in [-0.3, -0.25) is 0 Å². The maximum absolute atomic E-state index is 9.64. The largest absolute Gasteiger partial charge is 0.497 e. The highest BCUT2D eigenvalue weighted by Crippen LogP contribution is 2.29. The molecule has 2 aromatic carbocycles. The molecule has 0 unspecified atom stereocenters. The predicted octanol–water partition coefficient (Wildman–Crippen LogP) is 3.56. The van der Waals surface area contributed by atoms with Crippen LogP contribution in [0.2, 0.25) is 0 Å². The maximum Gasteiger partial charge on any atom is 0.174 e. The topological polar surface area (TPSA) is 73.0 Å². The van der Waals surface area contributed by atoms with Crippen molar-refractivity contribution in [2.75, 3.05) is 14.2 Å². The fourth-order valence-corrected chi connectivity index (χ4v) is 2.64. The van der Waals surface area contributed by atoms with Crippen LogP contribution in [0, 0.1) is 11.3 Å². The van der Waals surface area contributed by atoms with E-state index in [9.17, 15) is 5.26 Å². The molecule has 6 heteroatoms. The molecular formula is C20H18N4O2. The van der Waals surface area contributed by atoms with Crippen LogP contribution in [-0.2, 0) is 7.05 Å². The summed E-state index contributed by atoms with van der Waals surface area (Å²) < 4.78 is 12.4. The van der Waals surface area contributed by atoms with Crippen molar-refractivity contribution in [2.45, 2.75) is 0 Å². The Hall–Kier alpha value is -3.59. The maximum atomic E-state index is 9.64. The lowest BCUT2D eigenvalue weighted by molar-refractivity contribution is 0.394. The van der Waals surface area contributed by atoms with E-state index in [2.05, 4.69) is 16.3 Å². The van der Waals surface area contributed by atoms with Crippen molar-refractivity contribution in [1.29, 1.82) is 5.26 Å². The van der Waals surface area contributed by atoms with E-state index in [1.807, 2.05) is 49.5 Å². The molecule has 130 valence electrons. The normalized spacial score (nSPS) is 11.1. The Balaban J connectivity index is 2.04. The highest BCUT2D eigenvalue weighted by molar-refractivity contribution is 5.89. The predicted molar refractivity (Wildman–Crippen MR) is 99.5 cm³/mol. The van der Waals surface area contributed by atoms with Gasteiger partial charge in [0.25, 0.3) is 0 Å². The molecule has 0 aliphatic carbocycles. The second kappa shape index (κ2) is 7.53. The van der Waals surface area contributed by atoms with E-state index in [-0.39, 0.29) is 0 Å². The molecule has 26 heavy (non-hydrogen) atoms. The van der Waals surface area contributed by atoms with Gasteiger partial charge in [0.05, 0.1) is 19.8 Å². The first-order chi connectivity index (χ1) is 12.7. The SMILES string of the molecule is COc1ccc(/C=C(/C#N)c2nnc(-c3ccccc3)n2C)c(OC)c1. The van der Waals surface area contributed by atoms with E-state index in [0.717, 1.165) is 11.1 Å². The first-order valence-electron chi connectivity index (χ1n) is 7.97. The zero-order valence-corrected chi connectivity index (χ0v) is 14.8. The number of allylic oxidation sites excluding steroid dienone is 1. The third kappa shape index (κ3) is 3.28. The van der Waals surface area contributed by atoms with Gasteiger partial charge in [-0.2, -0.15) is 5.26 Å². The minimum absolute atomic E-state index is 0.394. The van der Waals surface area contributed by atoms with Crippen LogP contribution in [0.5, 0.6) is 11.5 Å². The summed E-state index contributed by atoms with van der Waals surface area (Å²) in [5.41, 5.74) is 2.09. The van der Waals surface area contributed by atoms with Gasteiger partial charge in [-0.25, -0.2) is 0 Å². The van der Waals surface area contributed by atoms with Crippen molar-refractivity contribution < 1.29 is 9.47 Å². The average Bonchev–Trinajstić information content (AvgIpc) is 3.08. The van der Waals surface area contributed by atoms with Gasteiger partial charge in [0, 0.05) is 24.2 Å². The van der Waals surface area contributed by atoms with E-state index in [0.29, 0.717) is 28.7 Å². The van der Waals surface area contributed by atoms with Crippen molar-refractivity contribution >= 4 is 11.6 Å². The molecule has 0 bridgehead atoms. The van der Waals surface area contributed by atoms with E-state index >= 15 is 0 Å². The van der Waals surface area contributed by atoms with Crippen molar-refractivity contribution in [2.24, 2.45) is 7.05 Å². The number of hydrogen-bond donors (Lipinski definition) is 0. The van der Waals surface area contributed by atoms with Crippen LogP contribution in [0.25, 0.3) is 23.0 Å². The van der Waals surface area contributed by atoms with Crippen LogP contribution >= 0.6 is 0 Å². The smallest absolute Gasteiger partial charge is 0.174 e.